The van der Waals surface area contributed by atoms with Crippen LogP contribution in [0.3, 0.4) is 0 Å². The van der Waals surface area contributed by atoms with Crippen molar-refractivity contribution in [1.82, 2.24) is 15.0 Å². The summed E-state index contributed by atoms with van der Waals surface area (Å²) in [6.07, 6.45) is 0. The van der Waals surface area contributed by atoms with Gasteiger partial charge in [-0.05, 0) is 36.4 Å². The predicted molar refractivity (Wildman–Crippen MR) is 112 cm³/mol. The zero-order chi connectivity index (χ0) is 20.9. The molecule has 0 radical (unpaired) electrons. The van der Waals surface area contributed by atoms with Crippen LogP contribution in [0.4, 0.5) is 5.69 Å². The van der Waals surface area contributed by atoms with Crippen molar-refractivity contribution in [3.63, 3.8) is 0 Å². The molecule has 1 amide bonds. The molecule has 8 nitrogen and oxygen atoms in total. The first-order chi connectivity index (χ1) is 14.6. The number of methoxy groups -OCH3 is 1. The number of anilines is 1. The fourth-order valence-electron chi connectivity index (χ4n) is 3.38. The predicted octanol–water partition coefficient (Wildman–Crippen LogP) is 2.78. The molecule has 8 heteroatoms. The Bertz CT molecular complexity index is 994. The largest absolute Gasteiger partial charge is 0.497 e. The van der Waals surface area contributed by atoms with E-state index in [0.717, 1.165) is 30.1 Å². The maximum absolute atomic E-state index is 12.6. The number of hydrogen-bond donors (Lipinski definition) is 0. The summed E-state index contributed by atoms with van der Waals surface area (Å²) in [6.45, 7) is 4.63. The summed E-state index contributed by atoms with van der Waals surface area (Å²) in [5.74, 6) is 2.41. The van der Waals surface area contributed by atoms with E-state index in [-0.39, 0.29) is 12.5 Å². The van der Waals surface area contributed by atoms with E-state index in [9.17, 15) is 4.79 Å². The molecule has 156 valence electrons. The molecule has 0 atom stereocenters. The Labute approximate surface area is 175 Å². The van der Waals surface area contributed by atoms with Gasteiger partial charge >= 0.3 is 0 Å². The molecule has 3 aromatic rings. The van der Waals surface area contributed by atoms with Crippen molar-refractivity contribution in [3.8, 4) is 22.9 Å². The van der Waals surface area contributed by atoms with E-state index >= 15 is 0 Å². The average molecular weight is 408 g/mol. The van der Waals surface area contributed by atoms with Crippen molar-refractivity contribution >= 4 is 11.6 Å². The molecule has 2 aromatic carbocycles. The summed E-state index contributed by atoms with van der Waals surface area (Å²) in [5, 5.41) is 3.91. The van der Waals surface area contributed by atoms with Crippen LogP contribution in [-0.4, -0.2) is 60.8 Å². The van der Waals surface area contributed by atoms with E-state index < -0.39 is 0 Å². The van der Waals surface area contributed by atoms with Gasteiger partial charge in [0.15, 0.2) is 6.61 Å². The molecule has 4 rings (SSSR count). The molecule has 0 N–H and O–H groups in total. The second kappa shape index (κ2) is 8.86. The minimum absolute atomic E-state index is 0.00272. The van der Waals surface area contributed by atoms with Crippen LogP contribution in [0.1, 0.15) is 5.89 Å². The third kappa shape index (κ3) is 4.53. The maximum Gasteiger partial charge on any atom is 0.260 e. The van der Waals surface area contributed by atoms with Gasteiger partial charge in [-0.15, -0.1) is 0 Å². The highest BCUT2D eigenvalue weighted by atomic mass is 16.5. The van der Waals surface area contributed by atoms with E-state index in [1.54, 1.807) is 20.1 Å². The number of aromatic nitrogens is 2. The topological polar surface area (TPSA) is 80.9 Å². The molecule has 0 spiro atoms. The van der Waals surface area contributed by atoms with Crippen molar-refractivity contribution in [2.75, 3.05) is 44.8 Å². The van der Waals surface area contributed by atoms with Gasteiger partial charge in [-0.1, -0.05) is 17.3 Å². The van der Waals surface area contributed by atoms with Crippen LogP contribution in [-0.2, 0) is 4.79 Å². The average Bonchev–Trinajstić information content (AvgIpc) is 3.24. The molecule has 0 saturated carbocycles. The van der Waals surface area contributed by atoms with Crippen molar-refractivity contribution in [3.05, 3.63) is 54.4 Å². The van der Waals surface area contributed by atoms with Gasteiger partial charge in [0, 0.05) is 44.4 Å². The van der Waals surface area contributed by atoms with Crippen LogP contribution >= 0.6 is 0 Å². The van der Waals surface area contributed by atoms with E-state index in [4.69, 9.17) is 14.0 Å². The van der Waals surface area contributed by atoms with Gasteiger partial charge < -0.3 is 23.8 Å². The molecule has 1 fully saturated rings. The summed E-state index contributed by atoms with van der Waals surface area (Å²) < 4.78 is 15.9. The first-order valence-corrected chi connectivity index (χ1v) is 9.83. The number of carbonyl (C=O) groups is 1. The van der Waals surface area contributed by atoms with Crippen molar-refractivity contribution in [1.29, 1.82) is 0 Å². The summed E-state index contributed by atoms with van der Waals surface area (Å²) >= 11 is 0. The van der Waals surface area contributed by atoms with E-state index in [0.29, 0.717) is 30.6 Å². The molecule has 0 unspecified atom stereocenters. The van der Waals surface area contributed by atoms with Crippen LogP contribution in [0.2, 0.25) is 0 Å². The summed E-state index contributed by atoms with van der Waals surface area (Å²) in [7, 11) is 1.66. The number of amides is 1. The van der Waals surface area contributed by atoms with Gasteiger partial charge in [0.25, 0.3) is 5.91 Å². The number of rotatable bonds is 6. The molecule has 0 bridgehead atoms. The molecule has 0 aliphatic carbocycles. The lowest BCUT2D eigenvalue weighted by atomic mass is 10.2. The standard InChI is InChI=1S/C22H24N4O4/c1-16-23-22(24-30-16)17-4-3-5-20(14-17)29-15-21(27)26-12-10-25(11-13-26)18-6-8-19(28-2)9-7-18/h3-9,14H,10-13,15H2,1-2H3. The third-order valence-electron chi connectivity index (χ3n) is 5.05. The highest BCUT2D eigenvalue weighted by Gasteiger charge is 2.21. The number of nitrogens with zero attached hydrogens (tertiary/aromatic N) is 4. The smallest absolute Gasteiger partial charge is 0.260 e. The quantitative estimate of drug-likeness (QED) is 0.620. The normalized spacial score (nSPS) is 13.9. The molecule has 2 heterocycles. The first-order valence-electron chi connectivity index (χ1n) is 9.83. The molecule has 1 saturated heterocycles. The van der Waals surface area contributed by atoms with Gasteiger partial charge in [-0.2, -0.15) is 4.98 Å². The van der Waals surface area contributed by atoms with Gasteiger partial charge in [0.1, 0.15) is 11.5 Å². The molecule has 30 heavy (non-hydrogen) atoms. The van der Waals surface area contributed by atoms with Gasteiger partial charge in [0.2, 0.25) is 11.7 Å². The van der Waals surface area contributed by atoms with E-state index in [1.165, 1.54) is 0 Å². The second-order valence-corrected chi connectivity index (χ2v) is 7.02. The van der Waals surface area contributed by atoms with Crippen molar-refractivity contribution in [2.24, 2.45) is 0 Å². The van der Waals surface area contributed by atoms with Crippen LogP contribution in [0.5, 0.6) is 11.5 Å². The molecule has 1 aliphatic heterocycles. The lowest BCUT2D eigenvalue weighted by Crippen LogP contribution is -2.50. The zero-order valence-corrected chi connectivity index (χ0v) is 17.1. The Morgan fingerprint density at radius 1 is 1.07 bits per heavy atom. The lowest BCUT2D eigenvalue weighted by molar-refractivity contribution is -0.133. The van der Waals surface area contributed by atoms with Crippen LogP contribution in [0.25, 0.3) is 11.4 Å². The summed E-state index contributed by atoms with van der Waals surface area (Å²) in [5.41, 5.74) is 1.91. The molecule has 1 aliphatic rings. The number of carbonyl (C=O) groups excluding carboxylic acids is 1. The van der Waals surface area contributed by atoms with Crippen LogP contribution in [0, 0.1) is 6.92 Å². The Balaban J connectivity index is 1.29. The minimum Gasteiger partial charge on any atom is -0.497 e. The first kappa shape index (κ1) is 19.8. The monoisotopic (exact) mass is 408 g/mol. The highest BCUT2D eigenvalue weighted by Crippen LogP contribution is 2.22. The lowest BCUT2D eigenvalue weighted by Gasteiger charge is -2.36. The molecular formula is C22H24N4O4. The maximum atomic E-state index is 12.6. The van der Waals surface area contributed by atoms with Crippen molar-refractivity contribution < 1.29 is 18.8 Å². The SMILES string of the molecule is COc1ccc(N2CCN(C(=O)COc3cccc(-c4noc(C)n4)c3)CC2)cc1. The van der Waals surface area contributed by atoms with Crippen LogP contribution < -0.4 is 14.4 Å². The Morgan fingerprint density at radius 3 is 2.50 bits per heavy atom. The summed E-state index contributed by atoms with van der Waals surface area (Å²) in [4.78, 5) is 20.9. The Hall–Kier alpha value is -3.55. The molecule has 1 aromatic heterocycles. The number of benzene rings is 2. The van der Waals surface area contributed by atoms with Crippen molar-refractivity contribution in [2.45, 2.75) is 6.92 Å². The number of aryl methyl sites for hydroxylation is 1. The zero-order valence-electron chi connectivity index (χ0n) is 17.1. The van der Waals surface area contributed by atoms with Gasteiger partial charge in [-0.3, -0.25) is 4.79 Å². The fraction of sp³-hybridized carbons (Fsp3) is 0.318. The Morgan fingerprint density at radius 2 is 1.83 bits per heavy atom. The van der Waals surface area contributed by atoms with E-state index in [1.807, 2.05) is 47.4 Å². The number of hydrogen-bond acceptors (Lipinski definition) is 7. The van der Waals surface area contributed by atoms with Crippen LogP contribution in [0.15, 0.2) is 53.1 Å². The highest BCUT2D eigenvalue weighted by molar-refractivity contribution is 5.78. The third-order valence-corrected chi connectivity index (χ3v) is 5.05. The Kier molecular flexibility index (Phi) is 5.83. The fourth-order valence-corrected chi connectivity index (χ4v) is 3.38. The van der Waals surface area contributed by atoms with Gasteiger partial charge in [-0.25, -0.2) is 0 Å². The summed E-state index contributed by atoms with van der Waals surface area (Å²) in [6, 6.07) is 15.3. The van der Waals surface area contributed by atoms with E-state index in [2.05, 4.69) is 15.0 Å². The minimum atomic E-state index is -0.0230. The number of ether oxygens (including phenoxy) is 2. The second-order valence-electron chi connectivity index (χ2n) is 7.02. The van der Waals surface area contributed by atoms with Gasteiger partial charge in [0.05, 0.1) is 7.11 Å². The number of piperazine rings is 1. The molecular weight excluding hydrogens is 384 g/mol.